The van der Waals surface area contributed by atoms with E-state index in [2.05, 4.69) is 48.7 Å². The minimum atomic E-state index is 0.541. The average Bonchev–Trinajstić information content (AvgIpc) is 2.78. The Morgan fingerprint density at radius 1 is 1.37 bits per heavy atom. The van der Waals surface area contributed by atoms with Gasteiger partial charge in [0.25, 0.3) is 0 Å². The molecule has 0 aliphatic rings. The van der Waals surface area contributed by atoms with Crippen molar-refractivity contribution < 1.29 is 0 Å². The van der Waals surface area contributed by atoms with Crippen LogP contribution in [0.15, 0.2) is 17.0 Å². The van der Waals surface area contributed by atoms with Crippen molar-refractivity contribution in [3.63, 3.8) is 0 Å². The normalized spacial score (nSPS) is 10.5. The number of nitrogens with one attached hydrogen (secondary N) is 2. The molecule has 8 heteroatoms. The van der Waals surface area contributed by atoms with Crippen molar-refractivity contribution >= 4 is 27.6 Å². The van der Waals surface area contributed by atoms with Crippen LogP contribution >= 0.6 is 15.9 Å². The number of hydrogen-bond donors (Lipinski definition) is 3. The smallest absolute Gasteiger partial charge is 0.159 e. The molecule has 0 atom stereocenters. The molecule has 0 saturated carbocycles. The van der Waals surface area contributed by atoms with Crippen LogP contribution in [-0.2, 0) is 20.0 Å². The van der Waals surface area contributed by atoms with Gasteiger partial charge in [-0.2, -0.15) is 5.10 Å². The van der Waals surface area contributed by atoms with Crippen LogP contribution in [0.3, 0.4) is 0 Å². The van der Waals surface area contributed by atoms with Crippen molar-refractivity contribution in [2.24, 2.45) is 12.9 Å². The highest BCUT2D eigenvalue weighted by molar-refractivity contribution is 9.10. The third-order valence-electron chi connectivity index (χ3n) is 2.70. The minimum Gasteiger partial charge on any atom is -0.365 e. The molecule has 2 aromatic heterocycles. The number of aryl methyl sites for hydroxylation is 2. The Morgan fingerprint density at radius 3 is 2.79 bits per heavy atom. The van der Waals surface area contributed by atoms with Gasteiger partial charge < -0.3 is 10.7 Å². The number of nitrogens with zero attached hydrogens (tertiary/aromatic N) is 4. The predicted octanol–water partition coefficient (Wildman–Crippen LogP) is 1.43. The molecule has 4 N–H and O–H groups in total. The Bertz CT molecular complexity index is 566. The van der Waals surface area contributed by atoms with E-state index in [4.69, 9.17) is 5.84 Å². The maximum absolute atomic E-state index is 5.36. The zero-order valence-electron chi connectivity index (χ0n) is 10.8. The number of halogens is 1. The molecular weight excluding hydrogens is 310 g/mol. The van der Waals surface area contributed by atoms with Crippen LogP contribution in [0.25, 0.3) is 0 Å². The van der Waals surface area contributed by atoms with Gasteiger partial charge in [0.05, 0.1) is 5.69 Å². The summed E-state index contributed by atoms with van der Waals surface area (Å²) in [5.41, 5.74) is 4.74. The maximum Gasteiger partial charge on any atom is 0.159 e. The van der Waals surface area contributed by atoms with Gasteiger partial charge in [0.1, 0.15) is 16.6 Å². The molecule has 102 valence electrons. The predicted molar refractivity (Wildman–Crippen MR) is 77.5 cm³/mol. The first-order valence-corrected chi connectivity index (χ1v) is 6.67. The van der Waals surface area contributed by atoms with Gasteiger partial charge in [-0.3, -0.25) is 4.68 Å². The third-order valence-corrected chi connectivity index (χ3v) is 3.45. The molecular formula is C11H16BrN7. The summed E-state index contributed by atoms with van der Waals surface area (Å²) in [4.78, 5) is 8.17. The third kappa shape index (κ3) is 3.02. The summed E-state index contributed by atoms with van der Waals surface area (Å²) >= 11 is 3.40. The summed E-state index contributed by atoms with van der Waals surface area (Å²) in [6.45, 7) is 2.74. The first-order valence-electron chi connectivity index (χ1n) is 5.88. The zero-order chi connectivity index (χ0) is 13.8. The summed E-state index contributed by atoms with van der Waals surface area (Å²) in [5.74, 6) is 6.59. The van der Waals surface area contributed by atoms with Crippen molar-refractivity contribution in [1.82, 2.24) is 19.7 Å². The monoisotopic (exact) mass is 325 g/mol. The van der Waals surface area contributed by atoms with Gasteiger partial charge in [0.2, 0.25) is 0 Å². The van der Waals surface area contributed by atoms with Crippen molar-refractivity contribution in [1.29, 1.82) is 0 Å². The SMILES string of the molecule is CCc1nn(C)cc1CNc1ncnc(NN)c1Br. The molecule has 0 radical (unpaired) electrons. The number of hydrogen-bond acceptors (Lipinski definition) is 6. The van der Waals surface area contributed by atoms with E-state index in [-0.39, 0.29) is 0 Å². The molecule has 0 spiro atoms. The molecule has 0 amide bonds. The van der Waals surface area contributed by atoms with E-state index in [1.807, 2.05) is 17.9 Å². The van der Waals surface area contributed by atoms with Crippen LogP contribution in [0.1, 0.15) is 18.2 Å². The minimum absolute atomic E-state index is 0.541. The number of hydrazine groups is 1. The van der Waals surface area contributed by atoms with E-state index in [1.54, 1.807) is 0 Å². The van der Waals surface area contributed by atoms with E-state index < -0.39 is 0 Å². The second kappa shape index (κ2) is 5.98. The largest absolute Gasteiger partial charge is 0.365 e. The first kappa shape index (κ1) is 13.8. The summed E-state index contributed by atoms with van der Waals surface area (Å²) in [7, 11) is 1.92. The van der Waals surface area contributed by atoms with Gasteiger partial charge in [0, 0.05) is 25.4 Å². The first-order chi connectivity index (χ1) is 9.15. The number of nitrogens with two attached hydrogens (primary N) is 1. The molecule has 0 bridgehead atoms. The molecule has 0 aromatic carbocycles. The van der Waals surface area contributed by atoms with Gasteiger partial charge in [-0.05, 0) is 22.4 Å². The molecule has 0 saturated heterocycles. The molecule has 0 fully saturated rings. The topological polar surface area (TPSA) is 93.7 Å². The summed E-state index contributed by atoms with van der Waals surface area (Å²) in [5, 5.41) is 7.64. The standard InChI is InChI=1S/C11H16BrN7/c1-3-8-7(5-19(2)18-8)4-14-10-9(12)11(17-13)16-6-15-10/h5-6H,3-4,13H2,1-2H3,(H2,14,15,16,17). The fourth-order valence-corrected chi connectivity index (χ4v) is 2.26. The quantitative estimate of drug-likeness (QED) is 0.568. The van der Waals surface area contributed by atoms with Crippen LogP contribution in [0.5, 0.6) is 0 Å². The molecule has 19 heavy (non-hydrogen) atoms. The Labute approximate surface area is 119 Å². The Morgan fingerprint density at radius 2 is 2.11 bits per heavy atom. The number of anilines is 2. The van der Waals surface area contributed by atoms with Crippen LogP contribution < -0.4 is 16.6 Å². The van der Waals surface area contributed by atoms with Crippen LogP contribution in [0, 0.1) is 0 Å². The van der Waals surface area contributed by atoms with Crippen LogP contribution in [0.2, 0.25) is 0 Å². The second-order valence-corrected chi connectivity index (χ2v) is 4.80. The molecule has 0 aliphatic carbocycles. The number of rotatable bonds is 5. The van der Waals surface area contributed by atoms with Crippen LogP contribution in [-0.4, -0.2) is 19.7 Å². The van der Waals surface area contributed by atoms with E-state index in [9.17, 15) is 0 Å². The summed E-state index contributed by atoms with van der Waals surface area (Å²) in [6.07, 6.45) is 4.35. The highest BCUT2D eigenvalue weighted by Gasteiger charge is 2.10. The van der Waals surface area contributed by atoms with Gasteiger partial charge >= 0.3 is 0 Å². The van der Waals surface area contributed by atoms with Gasteiger partial charge in [-0.25, -0.2) is 15.8 Å². The molecule has 2 rings (SSSR count). The molecule has 2 heterocycles. The Hall–Kier alpha value is -1.67. The van der Waals surface area contributed by atoms with Gasteiger partial charge in [-0.1, -0.05) is 6.92 Å². The highest BCUT2D eigenvalue weighted by Crippen LogP contribution is 2.26. The maximum atomic E-state index is 5.36. The molecule has 7 nitrogen and oxygen atoms in total. The van der Waals surface area contributed by atoms with E-state index in [0.29, 0.717) is 22.7 Å². The van der Waals surface area contributed by atoms with E-state index in [0.717, 1.165) is 17.7 Å². The van der Waals surface area contributed by atoms with Crippen LogP contribution in [0.4, 0.5) is 11.6 Å². The summed E-state index contributed by atoms with van der Waals surface area (Å²) in [6, 6.07) is 0. The summed E-state index contributed by atoms with van der Waals surface area (Å²) < 4.78 is 2.53. The van der Waals surface area contributed by atoms with Crippen molar-refractivity contribution in [3.8, 4) is 0 Å². The average molecular weight is 326 g/mol. The second-order valence-electron chi connectivity index (χ2n) is 4.01. The number of nitrogen functional groups attached to an aromatic ring is 1. The lowest BCUT2D eigenvalue weighted by molar-refractivity contribution is 0.746. The van der Waals surface area contributed by atoms with E-state index >= 15 is 0 Å². The fourth-order valence-electron chi connectivity index (χ4n) is 1.80. The molecule has 0 aliphatic heterocycles. The van der Waals surface area contributed by atoms with Gasteiger partial charge in [-0.15, -0.1) is 0 Å². The van der Waals surface area contributed by atoms with Crippen molar-refractivity contribution in [2.75, 3.05) is 10.7 Å². The lowest BCUT2D eigenvalue weighted by atomic mass is 10.2. The van der Waals surface area contributed by atoms with Gasteiger partial charge in [0.15, 0.2) is 5.82 Å². The van der Waals surface area contributed by atoms with Crippen molar-refractivity contribution in [3.05, 3.63) is 28.3 Å². The zero-order valence-corrected chi connectivity index (χ0v) is 12.4. The lowest BCUT2D eigenvalue weighted by Gasteiger charge is -2.09. The Kier molecular flexibility index (Phi) is 4.33. The van der Waals surface area contributed by atoms with E-state index in [1.165, 1.54) is 6.33 Å². The lowest BCUT2D eigenvalue weighted by Crippen LogP contribution is -2.11. The molecule has 2 aromatic rings. The fraction of sp³-hybridized carbons (Fsp3) is 0.364. The highest BCUT2D eigenvalue weighted by atomic mass is 79.9. The van der Waals surface area contributed by atoms with Crippen molar-refractivity contribution in [2.45, 2.75) is 19.9 Å². The number of aromatic nitrogens is 4. The molecule has 0 unspecified atom stereocenters. The Balaban J connectivity index is 2.14.